The molecular formula is C20H14ClNO2. The molecule has 3 aromatic carbocycles. The molecule has 1 heterocycles. The van der Waals surface area contributed by atoms with Crippen LogP contribution in [0.15, 0.2) is 77.2 Å². The zero-order valence-electron chi connectivity index (χ0n) is 12.8. The van der Waals surface area contributed by atoms with E-state index in [0.717, 1.165) is 28.0 Å². The minimum absolute atomic E-state index is 0.453. The summed E-state index contributed by atoms with van der Waals surface area (Å²) in [5.74, 6) is 1.29. The van der Waals surface area contributed by atoms with Gasteiger partial charge in [-0.3, -0.25) is 0 Å². The number of halogens is 1. The summed E-state index contributed by atoms with van der Waals surface area (Å²) in [6, 6.07) is 23.1. The van der Waals surface area contributed by atoms with Crippen molar-refractivity contribution in [1.82, 2.24) is 4.98 Å². The predicted molar refractivity (Wildman–Crippen MR) is 95.2 cm³/mol. The summed E-state index contributed by atoms with van der Waals surface area (Å²) in [5, 5.41) is 0.714. The fourth-order valence-corrected chi connectivity index (χ4v) is 2.62. The van der Waals surface area contributed by atoms with E-state index in [1.807, 2.05) is 72.8 Å². The fraction of sp³-hybridized carbons (Fsp3) is 0.0500. The average Bonchev–Trinajstić information content (AvgIpc) is 3.05. The second-order valence-corrected chi connectivity index (χ2v) is 5.83. The van der Waals surface area contributed by atoms with Crippen molar-refractivity contribution in [3.63, 3.8) is 0 Å². The molecule has 118 valence electrons. The van der Waals surface area contributed by atoms with Crippen molar-refractivity contribution < 1.29 is 9.15 Å². The van der Waals surface area contributed by atoms with Gasteiger partial charge in [0.15, 0.2) is 5.58 Å². The maximum atomic E-state index is 5.97. The first-order valence-electron chi connectivity index (χ1n) is 7.62. The Morgan fingerprint density at radius 3 is 2.46 bits per heavy atom. The molecule has 0 atom stereocenters. The van der Waals surface area contributed by atoms with Crippen LogP contribution in [0.25, 0.3) is 22.6 Å². The number of oxazole rings is 1. The van der Waals surface area contributed by atoms with Gasteiger partial charge in [-0.15, -0.1) is 0 Å². The highest BCUT2D eigenvalue weighted by molar-refractivity contribution is 6.30. The van der Waals surface area contributed by atoms with Gasteiger partial charge in [0.05, 0.1) is 5.56 Å². The Morgan fingerprint density at radius 2 is 1.62 bits per heavy atom. The number of para-hydroxylation sites is 3. The fourth-order valence-electron chi connectivity index (χ4n) is 2.50. The van der Waals surface area contributed by atoms with Crippen LogP contribution in [-0.4, -0.2) is 4.98 Å². The summed E-state index contributed by atoms with van der Waals surface area (Å²) < 4.78 is 11.8. The molecule has 0 spiro atoms. The normalized spacial score (nSPS) is 10.9. The van der Waals surface area contributed by atoms with Gasteiger partial charge in [0.25, 0.3) is 0 Å². The first kappa shape index (κ1) is 14.8. The highest BCUT2D eigenvalue weighted by atomic mass is 35.5. The van der Waals surface area contributed by atoms with Crippen molar-refractivity contribution in [3.8, 4) is 17.2 Å². The molecule has 0 unspecified atom stereocenters. The molecule has 0 saturated carbocycles. The van der Waals surface area contributed by atoms with Crippen LogP contribution in [0.5, 0.6) is 5.75 Å². The lowest BCUT2D eigenvalue weighted by molar-refractivity contribution is 0.307. The van der Waals surface area contributed by atoms with E-state index in [2.05, 4.69) is 4.98 Å². The van der Waals surface area contributed by atoms with Crippen LogP contribution in [0.2, 0.25) is 5.02 Å². The molecule has 0 radical (unpaired) electrons. The van der Waals surface area contributed by atoms with Crippen LogP contribution >= 0.6 is 11.6 Å². The summed E-state index contributed by atoms with van der Waals surface area (Å²) in [7, 11) is 0. The zero-order valence-corrected chi connectivity index (χ0v) is 13.5. The minimum Gasteiger partial charge on any atom is -0.488 e. The van der Waals surface area contributed by atoms with E-state index < -0.39 is 0 Å². The summed E-state index contributed by atoms with van der Waals surface area (Å²) >= 11 is 5.91. The number of rotatable bonds is 4. The van der Waals surface area contributed by atoms with Crippen molar-refractivity contribution in [2.45, 2.75) is 6.61 Å². The predicted octanol–water partition coefficient (Wildman–Crippen LogP) is 5.73. The molecular weight excluding hydrogens is 322 g/mol. The molecule has 0 aliphatic heterocycles. The number of hydrogen-bond acceptors (Lipinski definition) is 3. The molecule has 0 fully saturated rings. The third-order valence-electron chi connectivity index (χ3n) is 3.72. The van der Waals surface area contributed by atoms with E-state index in [9.17, 15) is 0 Å². The van der Waals surface area contributed by atoms with Crippen LogP contribution in [0.4, 0.5) is 0 Å². The molecule has 0 aliphatic rings. The van der Waals surface area contributed by atoms with Gasteiger partial charge in [-0.2, -0.15) is 0 Å². The van der Waals surface area contributed by atoms with Crippen molar-refractivity contribution >= 4 is 22.7 Å². The van der Waals surface area contributed by atoms with E-state index in [1.165, 1.54) is 0 Å². The van der Waals surface area contributed by atoms with Crippen LogP contribution in [0.3, 0.4) is 0 Å². The molecule has 0 amide bonds. The van der Waals surface area contributed by atoms with Gasteiger partial charge in [0.2, 0.25) is 5.89 Å². The lowest BCUT2D eigenvalue weighted by Crippen LogP contribution is -1.96. The van der Waals surface area contributed by atoms with Crippen molar-refractivity contribution in [2.75, 3.05) is 0 Å². The van der Waals surface area contributed by atoms with Crippen LogP contribution < -0.4 is 4.74 Å². The molecule has 4 aromatic rings. The lowest BCUT2D eigenvalue weighted by Gasteiger charge is -2.09. The Hall–Kier alpha value is -2.78. The van der Waals surface area contributed by atoms with Gasteiger partial charge in [0, 0.05) is 5.02 Å². The van der Waals surface area contributed by atoms with E-state index in [4.69, 9.17) is 20.8 Å². The van der Waals surface area contributed by atoms with Gasteiger partial charge in [-0.1, -0.05) is 48.0 Å². The molecule has 4 heteroatoms. The Morgan fingerprint density at radius 1 is 0.875 bits per heavy atom. The number of hydrogen-bond donors (Lipinski definition) is 0. The van der Waals surface area contributed by atoms with E-state index in [1.54, 1.807) is 0 Å². The Kier molecular flexibility index (Phi) is 3.93. The van der Waals surface area contributed by atoms with E-state index >= 15 is 0 Å². The van der Waals surface area contributed by atoms with Crippen molar-refractivity contribution in [1.29, 1.82) is 0 Å². The van der Waals surface area contributed by atoms with Crippen LogP contribution in [0.1, 0.15) is 5.56 Å². The maximum Gasteiger partial charge on any atom is 0.231 e. The van der Waals surface area contributed by atoms with Gasteiger partial charge in [-0.25, -0.2) is 4.98 Å². The molecule has 1 aromatic heterocycles. The number of fused-ring (bicyclic) bond motifs is 1. The average molecular weight is 336 g/mol. The van der Waals surface area contributed by atoms with E-state index in [-0.39, 0.29) is 0 Å². The Balaban J connectivity index is 1.63. The highest BCUT2D eigenvalue weighted by Gasteiger charge is 2.13. The van der Waals surface area contributed by atoms with Crippen LogP contribution in [-0.2, 0) is 6.61 Å². The molecule has 24 heavy (non-hydrogen) atoms. The van der Waals surface area contributed by atoms with Gasteiger partial charge >= 0.3 is 0 Å². The lowest BCUT2D eigenvalue weighted by atomic mass is 10.2. The molecule has 0 N–H and O–H groups in total. The quantitative estimate of drug-likeness (QED) is 0.478. The van der Waals surface area contributed by atoms with Crippen molar-refractivity contribution in [2.24, 2.45) is 0 Å². The number of nitrogens with zero attached hydrogens (tertiary/aromatic N) is 1. The number of aromatic nitrogens is 1. The third-order valence-corrected chi connectivity index (χ3v) is 3.97. The number of ether oxygens (including phenoxy) is 1. The topological polar surface area (TPSA) is 35.3 Å². The molecule has 0 aliphatic carbocycles. The number of benzene rings is 3. The second kappa shape index (κ2) is 6.38. The summed E-state index contributed by atoms with van der Waals surface area (Å²) in [6.07, 6.45) is 0. The smallest absolute Gasteiger partial charge is 0.231 e. The largest absolute Gasteiger partial charge is 0.488 e. The second-order valence-electron chi connectivity index (χ2n) is 5.40. The first-order valence-corrected chi connectivity index (χ1v) is 7.99. The van der Waals surface area contributed by atoms with Gasteiger partial charge in [-0.05, 0) is 42.0 Å². The first-order chi connectivity index (χ1) is 11.8. The van der Waals surface area contributed by atoms with Crippen molar-refractivity contribution in [3.05, 3.63) is 83.4 Å². The molecule has 0 bridgehead atoms. The maximum absolute atomic E-state index is 5.97. The summed E-state index contributed by atoms with van der Waals surface area (Å²) in [5.41, 5.74) is 3.48. The van der Waals surface area contributed by atoms with Gasteiger partial charge < -0.3 is 9.15 Å². The highest BCUT2D eigenvalue weighted by Crippen LogP contribution is 2.32. The third kappa shape index (κ3) is 2.99. The Bertz CT molecular complexity index is 943. The molecule has 4 rings (SSSR count). The van der Waals surface area contributed by atoms with Crippen LogP contribution in [0, 0.1) is 0 Å². The summed E-state index contributed by atoms with van der Waals surface area (Å²) in [4.78, 5) is 4.55. The van der Waals surface area contributed by atoms with E-state index in [0.29, 0.717) is 17.5 Å². The zero-order chi connectivity index (χ0) is 16.4. The summed E-state index contributed by atoms with van der Waals surface area (Å²) in [6.45, 7) is 0.453. The monoisotopic (exact) mass is 335 g/mol. The SMILES string of the molecule is Clc1ccc(COc2ccccc2-c2nc3ccccc3o2)cc1. The standard InChI is InChI=1S/C20H14ClNO2/c21-15-11-9-14(10-12-15)13-23-18-7-3-1-5-16(18)20-22-17-6-2-4-8-19(17)24-20/h1-12H,13H2. The minimum atomic E-state index is 0.453. The van der Waals surface area contributed by atoms with Gasteiger partial charge in [0.1, 0.15) is 17.9 Å². The molecule has 0 saturated heterocycles. The molecule has 3 nitrogen and oxygen atoms in total. The Labute approximate surface area is 144 Å².